The van der Waals surface area contributed by atoms with E-state index < -0.39 is 105 Å². The number of aliphatic hydroxyl groups excluding tert-OH is 3. The Balaban J connectivity index is 0.000000255. The van der Waals surface area contributed by atoms with Gasteiger partial charge in [0, 0.05) is 36.3 Å². The van der Waals surface area contributed by atoms with Crippen molar-refractivity contribution in [2.75, 3.05) is 10.9 Å². The lowest BCUT2D eigenvalue weighted by Gasteiger charge is -2.37. The minimum atomic E-state index is -4.96. The molecule has 0 spiro atoms. The first-order valence-electron chi connectivity index (χ1n) is 22.4. The van der Waals surface area contributed by atoms with Gasteiger partial charge < -0.3 is 39.4 Å². The van der Waals surface area contributed by atoms with Gasteiger partial charge in [-0.05, 0) is 80.3 Å². The van der Waals surface area contributed by atoms with Gasteiger partial charge in [-0.25, -0.2) is 14.4 Å². The molecule has 8 rings (SSSR count). The van der Waals surface area contributed by atoms with E-state index in [1.54, 1.807) is 0 Å². The summed E-state index contributed by atoms with van der Waals surface area (Å²) in [5, 5.41) is 57.8. The van der Waals surface area contributed by atoms with Crippen LogP contribution in [0, 0.1) is 5.92 Å². The molecular weight excluding hydrogens is 1020 g/mol. The van der Waals surface area contributed by atoms with Crippen LogP contribution in [0.5, 0.6) is 11.5 Å². The Labute approximate surface area is 426 Å². The maximum atomic E-state index is 12.3. The van der Waals surface area contributed by atoms with Gasteiger partial charge in [0.25, 0.3) is 20.2 Å². The summed E-state index contributed by atoms with van der Waals surface area (Å²) in [5.41, 5.74) is 3.24. The average Bonchev–Trinajstić information content (AvgIpc) is 3.31. The van der Waals surface area contributed by atoms with Crippen molar-refractivity contribution in [3.63, 3.8) is 0 Å². The molecule has 0 saturated heterocycles. The number of aliphatic hydroxyl groups is 3. The first kappa shape index (κ1) is 54.3. The van der Waals surface area contributed by atoms with Crippen LogP contribution < -0.4 is 26.0 Å². The topological polar surface area (TPSA) is 376 Å². The van der Waals surface area contributed by atoms with Crippen LogP contribution in [-0.4, -0.2) is 98.1 Å². The maximum absolute atomic E-state index is 12.3. The fourth-order valence-electron chi connectivity index (χ4n) is 8.08. The van der Waals surface area contributed by atoms with Crippen LogP contribution in [-0.2, 0) is 45.8 Å². The molecule has 0 unspecified atom stereocenters. The summed E-state index contributed by atoms with van der Waals surface area (Å²) in [5.74, 6) is -5.28. The second-order valence-corrected chi connectivity index (χ2v) is 20.5. The fourth-order valence-corrected chi connectivity index (χ4v) is 9.50. The van der Waals surface area contributed by atoms with E-state index in [0.717, 1.165) is 65.8 Å². The van der Waals surface area contributed by atoms with Crippen LogP contribution in [0.1, 0.15) is 75.0 Å². The molecule has 3 heterocycles. The van der Waals surface area contributed by atoms with Gasteiger partial charge in [0.2, 0.25) is 0 Å². The smallest absolute Gasteiger partial charge is 0.338 e. The van der Waals surface area contributed by atoms with Crippen molar-refractivity contribution in [3.8, 4) is 11.5 Å². The second-order valence-electron chi connectivity index (χ2n) is 17.7. The molecule has 2 aliphatic heterocycles. The minimum absolute atomic E-state index is 0.121. The summed E-state index contributed by atoms with van der Waals surface area (Å²) in [4.78, 5) is 56.8. The third-order valence-electron chi connectivity index (χ3n) is 11.8. The zero-order valence-electron chi connectivity index (χ0n) is 40.0. The number of aliphatic carboxylic acids is 2. The van der Waals surface area contributed by atoms with E-state index >= 15 is 0 Å². The van der Waals surface area contributed by atoms with Gasteiger partial charge in [-0.3, -0.25) is 29.5 Å². The summed E-state index contributed by atoms with van der Waals surface area (Å²) in [7, 11) is -9.93. The number of carbonyl (C=O) groups is 4. The number of aryl methyl sites for hydroxylation is 1. The molecule has 0 radical (unpaired) electrons. The summed E-state index contributed by atoms with van der Waals surface area (Å²) in [6, 6.07) is 7.99. The van der Waals surface area contributed by atoms with Gasteiger partial charge in [0.05, 0.1) is 45.1 Å². The van der Waals surface area contributed by atoms with Gasteiger partial charge in [0.15, 0.2) is 17.1 Å². The van der Waals surface area contributed by atoms with E-state index in [9.17, 15) is 75.4 Å². The van der Waals surface area contributed by atoms with E-state index in [0.29, 0.717) is 46.9 Å². The molecule has 1 aromatic heterocycles. The lowest BCUT2D eigenvalue weighted by molar-refractivity contribution is -0.133. The third kappa shape index (κ3) is 11.7. The van der Waals surface area contributed by atoms with Crippen LogP contribution in [0.15, 0.2) is 125 Å². The number of allylic oxidation sites excluding steroid dienone is 6. The zero-order valence-corrected chi connectivity index (χ0v) is 41.7. The lowest BCUT2D eigenvalue weighted by atomic mass is 9.85. The van der Waals surface area contributed by atoms with Crippen molar-refractivity contribution in [2.45, 2.75) is 75.1 Å². The normalized spacial score (nSPS) is 20.1. The summed E-state index contributed by atoms with van der Waals surface area (Å²) < 4.78 is 86.5. The lowest BCUT2D eigenvalue weighted by Crippen LogP contribution is -2.34. The Morgan fingerprint density at radius 1 is 0.760 bits per heavy atom. The minimum Gasteiger partial charge on any atom is -0.505 e. The van der Waals surface area contributed by atoms with Crippen LogP contribution in [0.4, 0.5) is 11.4 Å². The standard InChI is InChI=1S/C28H20N4O14S2.C22H26O5/c33-17-9-19(27(37)38)25(21(35)11-17)31-29-15-5-3-13(23(7-15)47(41,42)43)1-2-14-4-6-16(8-24(14)48(44,45)46)30-32-26-20(28(39)40)10-18(34)12-22(26)36;1-6-7-13-10-15(23)26-21-16(13)20-14(8-9-22(4,5)27-20)19-17(21)18(24)11(2)12(3)25-19/h1-12,29-30,35-36H,(H,37,38)(H,39,40)(H,41,42,43)(H,44,45,46);8-12,18,24H,6-7H2,1-5H3/b2-1+,31-25-,32-26+;/t;11-,12-,18-/m.0/s1. The summed E-state index contributed by atoms with van der Waals surface area (Å²) in [6.45, 7) is 9.91. The van der Waals surface area contributed by atoms with Crippen molar-refractivity contribution in [1.29, 1.82) is 0 Å². The highest BCUT2D eigenvalue weighted by atomic mass is 32.2. The number of ketones is 2. The quantitative estimate of drug-likeness (QED) is 0.0246. The number of nitrogens with zero attached hydrogens (tertiary/aromatic N) is 2. The van der Waals surface area contributed by atoms with Crippen molar-refractivity contribution in [1.82, 2.24) is 0 Å². The molecule has 9 N–H and O–H groups in total. The molecule has 0 amide bonds. The monoisotopic (exact) mass is 1070 g/mol. The molecule has 2 aliphatic carbocycles. The molecular formula is C50H46N4O19S2. The number of hydrazone groups is 2. The number of rotatable bonds is 12. The number of hydrogen-bond donors (Lipinski definition) is 9. The van der Waals surface area contributed by atoms with E-state index in [1.165, 1.54) is 18.2 Å². The van der Waals surface area contributed by atoms with Gasteiger partial charge in [-0.15, -0.1) is 0 Å². The number of fused-ring (bicyclic) bond motifs is 6. The number of anilines is 2. The number of carbonyl (C=O) groups excluding carboxylic acids is 2. The molecule has 0 bridgehead atoms. The highest BCUT2D eigenvalue weighted by Gasteiger charge is 2.40. The molecule has 3 atom stereocenters. The molecule has 392 valence electrons. The number of hydrogen-bond acceptors (Lipinski definition) is 19. The zero-order chi connectivity index (χ0) is 55.1. The molecule has 0 fully saturated rings. The highest BCUT2D eigenvalue weighted by molar-refractivity contribution is 7.86. The summed E-state index contributed by atoms with van der Waals surface area (Å²) >= 11 is 0. The van der Waals surface area contributed by atoms with E-state index in [2.05, 4.69) is 28.0 Å². The van der Waals surface area contributed by atoms with Crippen molar-refractivity contribution >= 4 is 95.7 Å². The molecule has 75 heavy (non-hydrogen) atoms. The number of carboxylic acid groups (broad SMARTS) is 2. The van der Waals surface area contributed by atoms with Gasteiger partial charge in [0.1, 0.15) is 55.9 Å². The average molecular weight is 1070 g/mol. The first-order chi connectivity index (χ1) is 35.1. The van der Waals surface area contributed by atoms with Gasteiger partial charge in [-0.2, -0.15) is 27.0 Å². The van der Waals surface area contributed by atoms with Gasteiger partial charge >= 0.3 is 17.6 Å². The van der Waals surface area contributed by atoms with Crippen molar-refractivity contribution in [2.24, 2.45) is 16.1 Å². The Kier molecular flexibility index (Phi) is 15.0. The Bertz CT molecular complexity index is 3530. The Morgan fingerprint density at radius 2 is 1.25 bits per heavy atom. The SMILES string of the molecule is CCCc1cc(=O)oc2c3c(c4c(c12)OC(C)(C)C=C4)O[C@@H](C)[C@H](C)[C@@H]3O.O=C1C=C(O)/C(=N\Nc2ccc(/C=C/c3ccc(N/N=C4/C(O)=CC(=O)C=C4C(=O)O)cc3S(=O)(=O)O)c(S(=O)(=O)O)c2)C(C(=O)O)=C1. The maximum Gasteiger partial charge on any atom is 0.338 e. The van der Waals surface area contributed by atoms with E-state index in [1.807, 2.05) is 39.8 Å². The van der Waals surface area contributed by atoms with Crippen molar-refractivity contribution < 1.29 is 84.5 Å². The summed E-state index contributed by atoms with van der Waals surface area (Å²) in [6.07, 6.45) is 9.59. The van der Waals surface area contributed by atoms with Crippen molar-refractivity contribution in [3.05, 3.63) is 134 Å². The molecule has 4 aromatic rings. The molecule has 25 heteroatoms. The van der Waals surface area contributed by atoms with Crippen LogP contribution in [0.2, 0.25) is 0 Å². The van der Waals surface area contributed by atoms with E-state index in [-0.39, 0.29) is 34.5 Å². The molecule has 4 aliphatic rings. The number of benzene rings is 3. The van der Waals surface area contributed by atoms with E-state index in [4.69, 9.17) is 13.9 Å². The van der Waals surface area contributed by atoms with Crippen LogP contribution in [0.25, 0.3) is 29.2 Å². The number of ether oxygens (including phenoxy) is 2. The predicted molar refractivity (Wildman–Crippen MR) is 271 cm³/mol. The number of carboxylic acids is 2. The Morgan fingerprint density at radius 3 is 1.71 bits per heavy atom. The predicted octanol–water partition coefficient (Wildman–Crippen LogP) is 6.34. The number of nitrogens with one attached hydrogen (secondary N) is 2. The molecule has 0 saturated carbocycles. The highest BCUT2D eigenvalue weighted by Crippen LogP contribution is 2.52. The fraction of sp³-hybridized carbons (Fsp3) is 0.220. The molecule has 23 nitrogen and oxygen atoms in total. The third-order valence-corrected chi connectivity index (χ3v) is 13.6. The second kappa shape index (κ2) is 20.8. The van der Waals surface area contributed by atoms with Crippen LogP contribution in [0.3, 0.4) is 0 Å². The first-order valence-corrected chi connectivity index (χ1v) is 25.2. The van der Waals surface area contributed by atoms with Crippen LogP contribution >= 0.6 is 0 Å². The largest absolute Gasteiger partial charge is 0.505 e. The van der Waals surface area contributed by atoms with Gasteiger partial charge in [-0.1, -0.05) is 44.6 Å². The molecule has 3 aromatic carbocycles. The Hall–Kier alpha value is -8.49.